The van der Waals surface area contributed by atoms with Gasteiger partial charge in [0.05, 0.1) is 17.3 Å². The smallest absolute Gasteiger partial charge is 0.244 e. The molecule has 6 nitrogen and oxygen atoms in total. The van der Waals surface area contributed by atoms with Crippen molar-refractivity contribution in [3.05, 3.63) is 29.8 Å². The molecule has 1 saturated carbocycles. The number of nitrogens with two attached hydrogens (primary N) is 1. The molecule has 0 radical (unpaired) electrons. The summed E-state index contributed by atoms with van der Waals surface area (Å²) in [5, 5.41) is 16.4. The van der Waals surface area contributed by atoms with Gasteiger partial charge in [0.25, 0.3) is 0 Å². The van der Waals surface area contributed by atoms with Gasteiger partial charge in [-0.15, -0.1) is 5.10 Å². The third-order valence-electron chi connectivity index (χ3n) is 2.76. The highest BCUT2D eigenvalue weighted by Crippen LogP contribution is 2.24. The molecule has 1 fully saturated rings. The lowest BCUT2D eigenvalue weighted by atomic mass is 10.2. The van der Waals surface area contributed by atoms with Crippen LogP contribution in [0.2, 0.25) is 0 Å². The van der Waals surface area contributed by atoms with E-state index in [4.69, 9.17) is 11.0 Å². The molecule has 0 amide bonds. The highest BCUT2D eigenvalue weighted by molar-refractivity contribution is 5.46. The molecule has 18 heavy (non-hydrogen) atoms. The van der Waals surface area contributed by atoms with E-state index in [2.05, 4.69) is 21.5 Å². The minimum Gasteiger partial charge on any atom is -0.368 e. The Morgan fingerprint density at radius 3 is 3.00 bits per heavy atom. The van der Waals surface area contributed by atoms with E-state index >= 15 is 0 Å². The first-order valence-electron chi connectivity index (χ1n) is 5.76. The number of nitrogens with one attached hydrogen (secondary N) is 1. The number of nitriles is 1. The number of hydrogen-bond acceptors (Lipinski definition) is 5. The van der Waals surface area contributed by atoms with E-state index in [1.165, 1.54) is 4.68 Å². The zero-order valence-electron chi connectivity index (χ0n) is 9.67. The molecule has 1 aliphatic rings. The number of benzene rings is 1. The van der Waals surface area contributed by atoms with Gasteiger partial charge in [-0.1, -0.05) is 6.07 Å². The quantitative estimate of drug-likeness (QED) is 0.843. The molecule has 1 aromatic carbocycles. The molecule has 2 aromatic rings. The van der Waals surface area contributed by atoms with Crippen LogP contribution >= 0.6 is 0 Å². The van der Waals surface area contributed by atoms with Gasteiger partial charge in [-0.2, -0.15) is 14.9 Å². The summed E-state index contributed by atoms with van der Waals surface area (Å²) in [6, 6.07) is 9.66. The molecular weight excluding hydrogens is 228 g/mol. The van der Waals surface area contributed by atoms with Crippen LogP contribution in [-0.4, -0.2) is 20.8 Å². The first-order chi connectivity index (χ1) is 8.76. The van der Waals surface area contributed by atoms with E-state index in [1.807, 2.05) is 6.07 Å². The third-order valence-corrected chi connectivity index (χ3v) is 2.76. The third kappa shape index (κ3) is 1.98. The molecule has 0 bridgehead atoms. The Hall–Kier alpha value is -2.55. The standard InChI is InChI=1S/C12H12N6/c13-7-8-2-1-3-10(6-8)18-11(14)16-12(17-18)15-9-4-5-9/h1-3,6,9H,4-5H2,(H3,14,15,16,17). The van der Waals surface area contributed by atoms with Crippen molar-refractivity contribution in [2.24, 2.45) is 0 Å². The number of nitrogen functional groups attached to an aromatic ring is 1. The zero-order valence-corrected chi connectivity index (χ0v) is 9.67. The van der Waals surface area contributed by atoms with Gasteiger partial charge < -0.3 is 11.1 Å². The Bertz CT molecular complexity index is 620. The summed E-state index contributed by atoms with van der Waals surface area (Å²) in [6.45, 7) is 0. The second-order valence-corrected chi connectivity index (χ2v) is 4.29. The van der Waals surface area contributed by atoms with Crippen LogP contribution < -0.4 is 11.1 Å². The van der Waals surface area contributed by atoms with Crippen molar-refractivity contribution >= 4 is 11.9 Å². The lowest BCUT2D eigenvalue weighted by Crippen LogP contribution is -2.04. The van der Waals surface area contributed by atoms with Crippen LogP contribution in [-0.2, 0) is 0 Å². The maximum Gasteiger partial charge on any atom is 0.244 e. The van der Waals surface area contributed by atoms with Crippen LogP contribution in [0, 0.1) is 11.3 Å². The predicted octanol–water partition coefficient (Wildman–Crippen LogP) is 1.30. The van der Waals surface area contributed by atoms with Crippen molar-refractivity contribution < 1.29 is 0 Å². The molecule has 3 N–H and O–H groups in total. The first kappa shape index (κ1) is 10.6. The number of nitrogens with zero attached hydrogens (tertiary/aromatic N) is 4. The topological polar surface area (TPSA) is 92.5 Å². The molecular formula is C12H12N6. The fraction of sp³-hybridized carbons (Fsp3) is 0.250. The van der Waals surface area contributed by atoms with E-state index < -0.39 is 0 Å². The summed E-state index contributed by atoms with van der Waals surface area (Å²) in [5.41, 5.74) is 7.13. The highest BCUT2D eigenvalue weighted by atomic mass is 15.4. The summed E-state index contributed by atoms with van der Waals surface area (Å²) in [7, 11) is 0. The van der Waals surface area contributed by atoms with Crippen molar-refractivity contribution in [2.45, 2.75) is 18.9 Å². The van der Waals surface area contributed by atoms with Crippen LogP contribution in [0.3, 0.4) is 0 Å². The molecule has 0 atom stereocenters. The fourth-order valence-electron chi connectivity index (χ4n) is 1.69. The van der Waals surface area contributed by atoms with Crippen LogP contribution in [0.5, 0.6) is 0 Å². The number of rotatable bonds is 3. The summed E-state index contributed by atoms with van der Waals surface area (Å²) < 4.78 is 1.53. The average Bonchev–Trinajstić information content (AvgIpc) is 3.12. The normalized spacial score (nSPS) is 14.2. The van der Waals surface area contributed by atoms with Gasteiger partial charge in [0.2, 0.25) is 11.9 Å². The second kappa shape index (κ2) is 4.04. The van der Waals surface area contributed by atoms with Gasteiger partial charge >= 0.3 is 0 Å². The Morgan fingerprint density at radius 2 is 2.28 bits per heavy atom. The van der Waals surface area contributed by atoms with E-state index in [1.54, 1.807) is 18.2 Å². The maximum absolute atomic E-state index is 8.87. The zero-order chi connectivity index (χ0) is 12.5. The van der Waals surface area contributed by atoms with Crippen LogP contribution in [0.4, 0.5) is 11.9 Å². The van der Waals surface area contributed by atoms with Gasteiger partial charge in [-0.05, 0) is 31.0 Å². The predicted molar refractivity (Wildman–Crippen MR) is 67.1 cm³/mol. The lowest BCUT2D eigenvalue weighted by Gasteiger charge is -2.02. The van der Waals surface area contributed by atoms with E-state index in [9.17, 15) is 0 Å². The Morgan fingerprint density at radius 1 is 1.44 bits per heavy atom. The summed E-state index contributed by atoms with van der Waals surface area (Å²) in [4.78, 5) is 4.16. The molecule has 0 spiro atoms. The minimum atomic E-state index is 0.313. The van der Waals surface area contributed by atoms with Crippen molar-refractivity contribution in [1.82, 2.24) is 14.8 Å². The van der Waals surface area contributed by atoms with Crippen molar-refractivity contribution in [3.8, 4) is 11.8 Å². The van der Waals surface area contributed by atoms with Crippen LogP contribution in [0.1, 0.15) is 18.4 Å². The monoisotopic (exact) mass is 240 g/mol. The largest absolute Gasteiger partial charge is 0.368 e. The summed E-state index contributed by atoms with van der Waals surface area (Å²) in [6.07, 6.45) is 2.30. The molecule has 90 valence electrons. The van der Waals surface area contributed by atoms with Gasteiger partial charge in [-0.3, -0.25) is 0 Å². The van der Waals surface area contributed by atoms with E-state index in [0.717, 1.165) is 18.5 Å². The summed E-state index contributed by atoms with van der Waals surface area (Å²) in [5.74, 6) is 0.852. The molecule has 3 rings (SSSR count). The number of hydrogen-bond donors (Lipinski definition) is 2. The molecule has 1 aliphatic carbocycles. The van der Waals surface area contributed by atoms with Gasteiger partial charge in [-0.25, -0.2) is 0 Å². The first-order valence-corrected chi connectivity index (χ1v) is 5.76. The molecule has 6 heteroatoms. The number of aromatic nitrogens is 3. The molecule has 1 heterocycles. The lowest BCUT2D eigenvalue weighted by molar-refractivity contribution is 0.886. The van der Waals surface area contributed by atoms with Crippen molar-refractivity contribution in [2.75, 3.05) is 11.1 Å². The molecule has 1 aromatic heterocycles. The second-order valence-electron chi connectivity index (χ2n) is 4.29. The van der Waals surface area contributed by atoms with Gasteiger partial charge in [0.15, 0.2) is 0 Å². The minimum absolute atomic E-state index is 0.313. The maximum atomic E-state index is 8.87. The molecule has 0 saturated heterocycles. The Balaban J connectivity index is 1.94. The van der Waals surface area contributed by atoms with Gasteiger partial charge in [0, 0.05) is 6.04 Å². The summed E-state index contributed by atoms with van der Waals surface area (Å²) >= 11 is 0. The van der Waals surface area contributed by atoms with Crippen LogP contribution in [0.15, 0.2) is 24.3 Å². The molecule has 0 aliphatic heterocycles. The molecule has 0 unspecified atom stereocenters. The highest BCUT2D eigenvalue weighted by Gasteiger charge is 2.23. The Labute approximate surface area is 104 Å². The van der Waals surface area contributed by atoms with Gasteiger partial charge in [0.1, 0.15) is 0 Å². The average molecular weight is 240 g/mol. The number of anilines is 2. The SMILES string of the molecule is N#Cc1cccc(-n2nc(NC3CC3)nc2N)c1. The van der Waals surface area contributed by atoms with Crippen LogP contribution in [0.25, 0.3) is 5.69 Å². The van der Waals surface area contributed by atoms with Crippen molar-refractivity contribution in [3.63, 3.8) is 0 Å². The van der Waals surface area contributed by atoms with Crippen molar-refractivity contribution in [1.29, 1.82) is 5.26 Å². The van der Waals surface area contributed by atoms with E-state index in [-0.39, 0.29) is 0 Å². The van der Waals surface area contributed by atoms with E-state index in [0.29, 0.717) is 23.5 Å². The fourth-order valence-corrected chi connectivity index (χ4v) is 1.69. The Kier molecular flexibility index (Phi) is 2.38.